The Morgan fingerprint density at radius 3 is 2.63 bits per heavy atom. The quantitative estimate of drug-likeness (QED) is 0.389. The number of aliphatic hydroxyl groups excluding tert-OH is 1. The Bertz CT molecular complexity index is 1100. The number of nitrogens with zero attached hydrogens (tertiary/aromatic N) is 3. The third kappa shape index (κ3) is 5.20. The van der Waals surface area contributed by atoms with Gasteiger partial charge in [-0.1, -0.05) is 59.3 Å². The Labute approximate surface area is 219 Å². The van der Waals surface area contributed by atoms with Crippen LogP contribution in [0, 0.1) is 0 Å². The normalized spacial score (nSPS) is 31.9. The van der Waals surface area contributed by atoms with Gasteiger partial charge in [-0.25, -0.2) is 4.99 Å². The maximum atomic E-state index is 9.97. The van der Waals surface area contributed by atoms with E-state index in [0.717, 1.165) is 16.1 Å². The van der Waals surface area contributed by atoms with E-state index < -0.39 is 25.8 Å². The van der Waals surface area contributed by atoms with Crippen LogP contribution in [0.4, 0.5) is 0 Å². The summed E-state index contributed by atoms with van der Waals surface area (Å²) < 4.78 is 24.4. The number of dihydropyridines is 1. The number of amidine groups is 2. The summed E-state index contributed by atoms with van der Waals surface area (Å²) in [4.78, 5) is 14.0. The lowest BCUT2D eigenvalue weighted by molar-refractivity contribution is 0.00572. The molecule has 0 saturated carbocycles. The summed E-state index contributed by atoms with van der Waals surface area (Å²) in [6.45, 7) is 8.44. The predicted molar refractivity (Wildman–Crippen MR) is 141 cm³/mol. The standard InChI is InChI=1S/C24H29BrClN3O5Si/c1-35(2,3)9-8-31-13-24(14-4-6-15(25)7-5-14)19(26)10-16-22(29-24)28-23(27-16)34-18-12-33-20-17(30)11-32-21(18)20/h4-7,10,17-18,20-21,30H,8-9,11-13H2,1-3H3/t17-,18-,20-,21-,24?/m1/s1. The van der Waals surface area contributed by atoms with E-state index in [-0.39, 0.29) is 24.8 Å². The topological polar surface area (TPSA) is 94.2 Å². The van der Waals surface area contributed by atoms with E-state index in [4.69, 9.17) is 35.5 Å². The van der Waals surface area contributed by atoms with E-state index in [0.29, 0.717) is 36.4 Å². The number of aliphatic hydroxyl groups is 1. The smallest absolute Gasteiger partial charge is 0.319 e. The van der Waals surface area contributed by atoms with E-state index in [2.05, 4.69) is 45.6 Å². The van der Waals surface area contributed by atoms with Crippen LogP contribution in [0.2, 0.25) is 25.7 Å². The molecule has 2 saturated heterocycles. The molecule has 4 heterocycles. The highest BCUT2D eigenvalue weighted by molar-refractivity contribution is 9.10. The average Bonchev–Trinajstić information content (AvgIpc) is 3.48. The summed E-state index contributed by atoms with van der Waals surface area (Å²) in [5.74, 6) is 0.448. The Kier molecular flexibility index (Phi) is 7.08. The van der Waals surface area contributed by atoms with E-state index in [1.807, 2.05) is 24.3 Å². The zero-order valence-electron chi connectivity index (χ0n) is 19.9. The fourth-order valence-electron chi connectivity index (χ4n) is 4.42. The minimum atomic E-state index is -1.24. The van der Waals surface area contributed by atoms with Gasteiger partial charge in [-0.15, -0.1) is 0 Å². The summed E-state index contributed by atoms with van der Waals surface area (Å²) in [5, 5.41) is 10.5. The lowest BCUT2D eigenvalue weighted by Gasteiger charge is -2.33. The van der Waals surface area contributed by atoms with Crippen LogP contribution < -0.4 is 0 Å². The van der Waals surface area contributed by atoms with Crippen molar-refractivity contribution in [2.45, 2.75) is 55.6 Å². The number of hydrogen-bond donors (Lipinski definition) is 1. The fourth-order valence-corrected chi connectivity index (χ4v) is 5.75. The van der Waals surface area contributed by atoms with Gasteiger partial charge >= 0.3 is 6.02 Å². The van der Waals surface area contributed by atoms with Gasteiger partial charge in [0.1, 0.15) is 29.6 Å². The summed E-state index contributed by atoms with van der Waals surface area (Å²) >= 11 is 10.4. The van der Waals surface area contributed by atoms with E-state index in [1.165, 1.54) is 0 Å². The van der Waals surface area contributed by atoms with Crippen molar-refractivity contribution >= 4 is 53.2 Å². The van der Waals surface area contributed by atoms with Gasteiger partial charge in [-0.3, -0.25) is 0 Å². The first-order valence-corrected chi connectivity index (χ1v) is 16.6. The highest BCUT2D eigenvalue weighted by atomic mass is 79.9. The number of fused-ring (bicyclic) bond motifs is 2. The highest BCUT2D eigenvalue weighted by Crippen LogP contribution is 2.41. The van der Waals surface area contributed by atoms with Crippen LogP contribution in [-0.4, -0.2) is 81.6 Å². The van der Waals surface area contributed by atoms with Crippen molar-refractivity contribution in [3.05, 3.63) is 45.4 Å². The van der Waals surface area contributed by atoms with Gasteiger partial charge in [-0.05, 0) is 29.8 Å². The monoisotopic (exact) mass is 581 g/mol. The molecule has 1 aromatic carbocycles. The molecule has 2 fully saturated rings. The van der Waals surface area contributed by atoms with Crippen LogP contribution in [0.15, 0.2) is 54.8 Å². The molecule has 5 rings (SSSR count). The summed E-state index contributed by atoms with van der Waals surface area (Å²) in [5.41, 5.74) is 0.532. The first kappa shape index (κ1) is 25.3. The van der Waals surface area contributed by atoms with E-state index in [9.17, 15) is 5.11 Å². The van der Waals surface area contributed by atoms with Gasteiger partial charge in [-0.2, -0.15) is 9.98 Å². The second-order valence-electron chi connectivity index (χ2n) is 10.4. The van der Waals surface area contributed by atoms with E-state index >= 15 is 0 Å². The van der Waals surface area contributed by atoms with Gasteiger partial charge in [0.05, 0.1) is 24.9 Å². The third-order valence-electron chi connectivity index (χ3n) is 6.47. The molecule has 8 nitrogen and oxygen atoms in total. The molecule has 0 bridgehead atoms. The first-order valence-electron chi connectivity index (χ1n) is 11.7. The molecular weight excluding hydrogens is 554 g/mol. The molecule has 0 aromatic heterocycles. The fraction of sp³-hybridized carbons (Fsp3) is 0.542. The Hall–Kier alpha value is -1.40. The molecular formula is C24H29BrClN3O5Si. The van der Waals surface area contributed by atoms with Crippen molar-refractivity contribution < 1.29 is 24.1 Å². The molecule has 1 aromatic rings. The van der Waals surface area contributed by atoms with Crippen LogP contribution in [0.25, 0.3) is 0 Å². The van der Waals surface area contributed by atoms with Crippen molar-refractivity contribution in [3.63, 3.8) is 0 Å². The van der Waals surface area contributed by atoms with Gasteiger partial charge < -0.3 is 24.1 Å². The lowest BCUT2D eigenvalue weighted by Crippen LogP contribution is -2.36. The van der Waals surface area contributed by atoms with Crippen LogP contribution in [0.5, 0.6) is 0 Å². The Morgan fingerprint density at radius 1 is 1.14 bits per heavy atom. The number of ether oxygens (including phenoxy) is 4. The van der Waals surface area contributed by atoms with Crippen molar-refractivity contribution in [2.24, 2.45) is 15.0 Å². The lowest BCUT2D eigenvalue weighted by atomic mass is 9.88. The molecule has 188 valence electrons. The molecule has 4 aliphatic heterocycles. The second-order valence-corrected chi connectivity index (χ2v) is 17.3. The Balaban J connectivity index is 1.39. The van der Waals surface area contributed by atoms with Crippen LogP contribution in [-0.2, 0) is 24.5 Å². The van der Waals surface area contributed by atoms with Crippen molar-refractivity contribution in [2.75, 3.05) is 26.4 Å². The van der Waals surface area contributed by atoms with Crippen LogP contribution in [0.3, 0.4) is 0 Å². The molecule has 0 spiro atoms. The van der Waals surface area contributed by atoms with E-state index in [1.54, 1.807) is 6.08 Å². The average molecular weight is 583 g/mol. The van der Waals surface area contributed by atoms with Gasteiger partial charge in [0.25, 0.3) is 0 Å². The Morgan fingerprint density at radius 2 is 1.89 bits per heavy atom. The maximum absolute atomic E-state index is 9.97. The minimum absolute atomic E-state index is 0.185. The van der Waals surface area contributed by atoms with Crippen molar-refractivity contribution in [1.82, 2.24) is 0 Å². The van der Waals surface area contributed by atoms with Crippen molar-refractivity contribution in [3.8, 4) is 0 Å². The molecule has 35 heavy (non-hydrogen) atoms. The largest absolute Gasteiger partial charge is 0.455 e. The number of hydrogen-bond acceptors (Lipinski definition) is 8. The molecule has 0 radical (unpaired) electrons. The van der Waals surface area contributed by atoms with Crippen LogP contribution in [0.1, 0.15) is 5.56 Å². The summed E-state index contributed by atoms with van der Waals surface area (Å²) in [6, 6.07) is 9.14. The maximum Gasteiger partial charge on any atom is 0.319 e. The molecule has 11 heteroatoms. The molecule has 0 aliphatic carbocycles. The van der Waals surface area contributed by atoms with Gasteiger partial charge in [0.15, 0.2) is 11.9 Å². The zero-order valence-corrected chi connectivity index (χ0v) is 23.3. The summed E-state index contributed by atoms with van der Waals surface area (Å²) in [6.07, 6.45) is 0.00522. The number of rotatable bonds is 7. The zero-order chi connectivity index (χ0) is 24.8. The molecule has 4 aliphatic rings. The highest BCUT2D eigenvalue weighted by Gasteiger charge is 2.49. The number of halogens is 2. The number of benzene rings is 1. The minimum Gasteiger partial charge on any atom is -0.455 e. The molecule has 1 unspecified atom stereocenters. The summed E-state index contributed by atoms with van der Waals surface area (Å²) in [7, 11) is -1.24. The SMILES string of the molecule is C[Si](C)(C)CCOCC1(c2ccc(Br)cc2)N=C2N=C(O[C@@H]3CO[C@H]4[C@@H]3OC[C@H]4O)N=C2C=C1Cl. The van der Waals surface area contributed by atoms with Gasteiger partial charge in [0, 0.05) is 19.2 Å². The molecule has 0 amide bonds. The first-order chi connectivity index (χ1) is 16.6. The molecule has 5 atom stereocenters. The van der Waals surface area contributed by atoms with Crippen LogP contribution >= 0.6 is 27.5 Å². The molecule has 1 N–H and O–H groups in total. The predicted octanol–water partition coefficient (Wildman–Crippen LogP) is 3.89. The number of aliphatic imine (C=N–C) groups is 3. The second kappa shape index (κ2) is 9.81. The van der Waals surface area contributed by atoms with Gasteiger partial charge in [0.2, 0.25) is 0 Å². The van der Waals surface area contributed by atoms with Crippen molar-refractivity contribution in [1.29, 1.82) is 0 Å². The third-order valence-corrected chi connectivity index (χ3v) is 9.12.